The molecule has 112 valence electrons. The lowest BCUT2D eigenvalue weighted by Gasteiger charge is -2.28. The highest BCUT2D eigenvalue weighted by Crippen LogP contribution is 2.31. The molecular formula is C16H25NO3. The van der Waals surface area contributed by atoms with Gasteiger partial charge in [-0.15, -0.1) is 0 Å². The Labute approximate surface area is 121 Å². The minimum atomic E-state index is -0.496. The Hall–Kier alpha value is -1.10. The predicted octanol–water partition coefficient (Wildman–Crippen LogP) is 2.28. The number of nitrogens with one attached hydrogen (secondary N) is 1. The number of rotatable bonds is 5. The zero-order valence-corrected chi connectivity index (χ0v) is 12.6. The van der Waals surface area contributed by atoms with E-state index in [4.69, 9.17) is 9.47 Å². The fraction of sp³-hybridized carbons (Fsp3) is 0.625. The Bertz CT molecular complexity index is 428. The molecule has 4 nitrogen and oxygen atoms in total. The van der Waals surface area contributed by atoms with Crippen LogP contribution in [0.15, 0.2) is 24.3 Å². The van der Waals surface area contributed by atoms with E-state index in [0.29, 0.717) is 19.8 Å². The smallest absolute Gasteiger partial charge is 0.124 e. The van der Waals surface area contributed by atoms with E-state index in [1.165, 1.54) is 5.56 Å². The molecule has 1 aliphatic heterocycles. The lowest BCUT2D eigenvalue weighted by Crippen LogP contribution is -2.37. The van der Waals surface area contributed by atoms with Crippen LogP contribution in [0.5, 0.6) is 5.75 Å². The van der Waals surface area contributed by atoms with Crippen LogP contribution in [0, 0.1) is 0 Å². The highest BCUT2D eigenvalue weighted by atomic mass is 16.5. The normalized spacial score (nSPS) is 20.1. The number of benzene rings is 1. The highest BCUT2D eigenvalue weighted by Gasteiger charge is 2.21. The van der Waals surface area contributed by atoms with Crippen LogP contribution in [0.2, 0.25) is 0 Å². The number of aliphatic hydroxyl groups is 1. The van der Waals surface area contributed by atoms with Gasteiger partial charge in [0.25, 0.3) is 0 Å². The molecule has 1 heterocycles. The van der Waals surface area contributed by atoms with Gasteiger partial charge >= 0.3 is 0 Å². The molecule has 4 heteroatoms. The molecule has 0 amide bonds. The van der Waals surface area contributed by atoms with Crippen LogP contribution in [0.4, 0.5) is 0 Å². The maximum atomic E-state index is 9.97. The van der Waals surface area contributed by atoms with Crippen LogP contribution in [0.3, 0.4) is 0 Å². The first-order chi connectivity index (χ1) is 9.46. The fourth-order valence-electron chi connectivity index (χ4n) is 2.24. The van der Waals surface area contributed by atoms with Gasteiger partial charge in [-0.25, -0.2) is 0 Å². The Balaban J connectivity index is 1.83. The molecule has 20 heavy (non-hydrogen) atoms. The van der Waals surface area contributed by atoms with Crippen molar-refractivity contribution in [3.8, 4) is 5.75 Å². The molecule has 1 aromatic carbocycles. The molecule has 1 aromatic rings. The summed E-state index contributed by atoms with van der Waals surface area (Å²) < 4.78 is 11.2. The third-order valence-corrected chi connectivity index (χ3v) is 3.27. The molecule has 0 spiro atoms. The molecule has 0 fully saturated rings. The maximum Gasteiger partial charge on any atom is 0.124 e. The molecule has 0 saturated heterocycles. The summed E-state index contributed by atoms with van der Waals surface area (Å²) in [6.07, 6.45) is 0.424. The van der Waals surface area contributed by atoms with E-state index in [9.17, 15) is 5.11 Å². The summed E-state index contributed by atoms with van der Waals surface area (Å²) in [5, 5.41) is 13.4. The quantitative estimate of drug-likeness (QED) is 0.868. The summed E-state index contributed by atoms with van der Waals surface area (Å²) in [4.78, 5) is 0. The third-order valence-electron chi connectivity index (χ3n) is 3.27. The lowest BCUT2D eigenvalue weighted by molar-refractivity contribution is -0.0485. The minimum Gasteiger partial charge on any atom is -0.493 e. The summed E-state index contributed by atoms with van der Waals surface area (Å²) in [5.74, 6) is 0.941. The largest absolute Gasteiger partial charge is 0.493 e. The summed E-state index contributed by atoms with van der Waals surface area (Å²) in [5.41, 5.74) is 0.953. The topological polar surface area (TPSA) is 50.7 Å². The molecule has 0 aromatic heterocycles. The van der Waals surface area contributed by atoms with Crippen LogP contribution >= 0.6 is 0 Å². The first kappa shape index (κ1) is 15.3. The van der Waals surface area contributed by atoms with E-state index in [1.807, 2.05) is 39.0 Å². The lowest BCUT2D eigenvalue weighted by atomic mass is 10.0. The SMILES string of the molecule is CC(C)(C)OCC(O)CNC1CCOc2ccccc21. The molecule has 0 aliphatic carbocycles. The first-order valence-electron chi connectivity index (χ1n) is 7.23. The highest BCUT2D eigenvalue weighted by molar-refractivity contribution is 5.37. The average molecular weight is 279 g/mol. The number of hydrogen-bond donors (Lipinski definition) is 2. The van der Waals surface area contributed by atoms with Crippen LogP contribution in [0.1, 0.15) is 38.8 Å². The zero-order chi connectivity index (χ0) is 14.6. The predicted molar refractivity (Wildman–Crippen MR) is 79.0 cm³/mol. The van der Waals surface area contributed by atoms with E-state index in [0.717, 1.165) is 12.2 Å². The van der Waals surface area contributed by atoms with Gasteiger partial charge in [-0.1, -0.05) is 18.2 Å². The van der Waals surface area contributed by atoms with Gasteiger partial charge in [0.1, 0.15) is 5.75 Å². The minimum absolute atomic E-state index is 0.216. The van der Waals surface area contributed by atoms with Crippen LogP contribution in [-0.2, 0) is 4.74 Å². The van der Waals surface area contributed by atoms with Crippen molar-refractivity contribution in [2.75, 3.05) is 19.8 Å². The van der Waals surface area contributed by atoms with Crippen molar-refractivity contribution in [2.24, 2.45) is 0 Å². The van der Waals surface area contributed by atoms with Crippen molar-refractivity contribution in [1.29, 1.82) is 0 Å². The first-order valence-corrected chi connectivity index (χ1v) is 7.23. The molecule has 2 unspecified atom stereocenters. The molecule has 0 saturated carbocycles. The Morgan fingerprint density at radius 1 is 1.40 bits per heavy atom. The zero-order valence-electron chi connectivity index (χ0n) is 12.6. The summed E-state index contributed by atoms with van der Waals surface area (Å²) in [6, 6.07) is 8.30. The van der Waals surface area contributed by atoms with E-state index >= 15 is 0 Å². The van der Waals surface area contributed by atoms with Crippen molar-refractivity contribution < 1.29 is 14.6 Å². The van der Waals surface area contributed by atoms with Gasteiger partial charge in [0, 0.05) is 24.6 Å². The number of ether oxygens (including phenoxy) is 2. The molecule has 2 rings (SSSR count). The average Bonchev–Trinajstić information content (AvgIpc) is 2.42. The number of hydrogen-bond acceptors (Lipinski definition) is 4. The van der Waals surface area contributed by atoms with Crippen molar-refractivity contribution in [3.63, 3.8) is 0 Å². The van der Waals surface area contributed by atoms with Gasteiger partial charge in [-0.2, -0.15) is 0 Å². The second-order valence-electron chi connectivity index (χ2n) is 6.21. The Morgan fingerprint density at radius 3 is 2.90 bits per heavy atom. The maximum absolute atomic E-state index is 9.97. The molecule has 1 aliphatic rings. The van der Waals surface area contributed by atoms with Gasteiger partial charge in [-0.3, -0.25) is 0 Å². The van der Waals surface area contributed by atoms with Crippen LogP contribution in [-0.4, -0.2) is 36.6 Å². The number of para-hydroxylation sites is 1. The van der Waals surface area contributed by atoms with Gasteiger partial charge in [0.15, 0.2) is 0 Å². The molecule has 0 bridgehead atoms. The third kappa shape index (κ3) is 4.47. The number of fused-ring (bicyclic) bond motifs is 1. The molecule has 2 atom stereocenters. The van der Waals surface area contributed by atoms with Gasteiger partial charge < -0.3 is 19.9 Å². The Kier molecular flexibility index (Phi) is 5.02. The van der Waals surface area contributed by atoms with Crippen molar-refractivity contribution >= 4 is 0 Å². The molecule has 0 radical (unpaired) electrons. The molecular weight excluding hydrogens is 254 g/mol. The number of aliphatic hydroxyl groups excluding tert-OH is 1. The van der Waals surface area contributed by atoms with E-state index < -0.39 is 6.10 Å². The summed E-state index contributed by atoms with van der Waals surface area (Å²) in [7, 11) is 0. The van der Waals surface area contributed by atoms with Crippen molar-refractivity contribution in [3.05, 3.63) is 29.8 Å². The van der Waals surface area contributed by atoms with Crippen molar-refractivity contribution in [1.82, 2.24) is 5.32 Å². The second-order valence-corrected chi connectivity index (χ2v) is 6.21. The monoisotopic (exact) mass is 279 g/mol. The van der Waals surface area contributed by atoms with Crippen LogP contribution < -0.4 is 10.1 Å². The second kappa shape index (κ2) is 6.57. The van der Waals surface area contributed by atoms with Gasteiger partial charge in [-0.05, 0) is 26.8 Å². The van der Waals surface area contributed by atoms with E-state index in [-0.39, 0.29) is 11.6 Å². The standard InChI is InChI=1S/C16H25NO3/c1-16(2,3)20-11-12(18)10-17-14-8-9-19-15-7-5-4-6-13(14)15/h4-7,12,14,17-18H,8-11H2,1-3H3. The summed E-state index contributed by atoms with van der Waals surface area (Å²) in [6.45, 7) is 7.55. The van der Waals surface area contributed by atoms with E-state index in [2.05, 4.69) is 11.4 Å². The summed E-state index contributed by atoms with van der Waals surface area (Å²) >= 11 is 0. The van der Waals surface area contributed by atoms with Gasteiger partial charge in [0.05, 0.1) is 24.9 Å². The Morgan fingerprint density at radius 2 is 2.15 bits per heavy atom. The van der Waals surface area contributed by atoms with Gasteiger partial charge in [0.2, 0.25) is 0 Å². The molecule has 2 N–H and O–H groups in total. The van der Waals surface area contributed by atoms with Crippen LogP contribution in [0.25, 0.3) is 0 Å². The van der Waals surface area contributed by atoms with Crippen molar-refractivity contribution in [2.45, 2.75) is 44.9 Å². The van der Waals surface area contributed by atoms with E-state index in [1.54, 1.807) is 0 Å². The fourth-order valence-corrected chi connectivity index (χ4v) is 2.24.